The molecule has 3 rings (SSSR count). The zero-order valence-corrected chi connectivity index (χ0v) is 26.1. The maximum atomic E-state index is 14.2. The highest BCUT2D eigenvalue weighted by Gasteiger charge is 2.34. The van der Waals surface area contributed by atoms with Crippen molar-refractivity contribution in [2.45, 2.75) is 45.8 Å². The van der Waals surface area contributed by atoms with Gasteiger partial charge >= 0.3 is 0 Å². The summed E-state index contributed by atoms with van der Waals surface area (Å²) >= 11 is 12.6. The Morgan fingerprint density at radius 2 is 1.68 bits per heavy atom. The van der Waals surface area contributed by atoms with Crippen LogP contribution in [0.5, 0.6) is 5.75 Å². The number of aryl methyl sites for hydroxylation is 1. The minimum absolute atomic E-state index is 0.0552. The average Bonchev–Trinajstić information content (AvgIpc) is 2.89. The van der Waals surface area contributed by atoms with Crippen LogP contribution < -0.4 is 14.4 Å². The molecule has 1 atom stereocenters. The van der Waals surface area contributed by atoms with Crippen LogP contribution in [-0.2, 0) is 32.6 Å². The molecule has 1 unspecified atom stereocenters. The molecular weight excluding hydrogens is 585 g/mol. The number of ether oxygens (including phenoxy) is 1. The van der Waals surface area contributed by atoms with Crippen LogP contribution in [0.1, 0.15) is 30.5 Å². The Kier molecular flexibility index (Phi) is 11.1. The summed E-state index contributed by atoms with van der Waals surface area (Å²) in [6.45, 7) is 4.85. The van der Waals surface area contributed by atoms with Crippen LogP contribution in [0.3, 0.4) is 0 Å². The molecule has 0 heterocycles. The van der Waals surface area contributed by atoms with Crippen LogP contribution in [-0.4, -0.2) is 57.1 Å². The van der Waals surface area contributed by atoms with E-state index in [9.17, 15) is 18.0 Å². The van der Waals surface area contributed by atoms with Crippen molar-refractivity contribution >= 4 is 50.7 Å². The summed E-state index contributed by atoms with van der Waals surface area (Å²) in [5, 5.41) is 3.65. The summed E-state index contributed by atoms with van der Waals surface area (Å²) in [5.41, 5.74) is 2.39. The van der Waals surface area contributed by atoms with E-state index in [0.29, 0.717) is 21.4 Å². The summed E-state index contributed by atoms with van der Waals surface area (Å²) < 4.78 is 32.5. The Balaban J connectivity index is 2.13. The fraction of sp³-hybridized carbons (Fsp3) is 0.333. The fourth-order valence-electron chi connectivity index (χ4n) is 4.36. The number of hydrogen-bond acceptors (Lipinski definition) is 5. The maximum absolute atomic E-state index is 14.2. The molecule has 0 fully saturated rings. The molecule has 2 amide bonds. The van der Waals surface area contributed by atoms with Gasteiger partial charge in [0.1, 0.15) is 18.3 Å². The van der Waals surface area contributed by atoms with Gasteiger partial charge in [0.25, 0.3) is 0 Å². The number of anilines is 1. The second-order valence-corrected chi connectivity index (χ2v) is 12.8. The van der Waals surface area contributed by atoms with Gasteiger partial charge < -0.3 is 15.0 Å². The standard InChI is InChI=1S/C30H35Cl2N3O5S/c1-20(2)33-30(37)27(16-22-9-7-6-8-10-22)34(18-23-12-13-24(31)17-25(23)32)29(36)19-35(41(5,38)39)26-15-21(3)11-14-28(26)40-4/h6-15,17,20,27H,16,18-19H2,1-5H3,(H,33,37). The molecule has 0 radical (unpaired) electrons. The van der Waals surface area contributed by atoms with Gasteiger partial charge in [-0.05, 0) is 61.7 Å². The zero-order valence-electron chi connectivity index (χ0n) is 23.7. The van der Waals surface area contributed by atoms with Gasteiger partial charge in [0.2, 0.25) is 21.8 Å². The summed E-state index contributed by atoms with van der Waals surface area (Å²) in [6, 6.07) is 18.1. The number of carbonyl (C=O) groups excluding carboxylic acids is 2. The topological polar surface area (TPSA) is 96.0 Å². The smallest absolute Gasteiger partial charge is 0.244 e. The number of methoxy groups -OCH3 is 1. The van der Waals surface area contributed by atoms with Crippen molar-refractivity contribution < 1.29 is 22.7 Å². The molecule has 0 saturated heterocycles. The first kappa shape index (κ1) is 32.2. The molecule has 41 heavy (non-hydrogen) atoms. The number of rotatable bonds is 12. The number of nitrogens with zero attached hydrogens (tertiary/aromatic N) is 2. The number of nitrogens with one attached hydrogen (secondary N) is 1. The largest absolute Gasteiger partial charge is 0.495 e. The lowest BCUT2D eigenvalue weighted by molar-refractivity contribution is -0.140. The highest BCUT2D eigenvalue weighted by molar-refractivity contribution is 7.92. The number of halogens is 2. The van der Waals surface area contributed by atoms with E-state index in [0.717, 1.165) is 21.7 Å². The molecule has 0 spiro atoms. The van der Waals surface area contributed by atoms with E-state index in [2.05, 4.69) is 5.32 Å². The van der Waals surface area contributed by atoms with Crippen molar-refractivity contribution in [3.05, 3.63) is 93.5 Å². The summed E-state index contributed by atoms with van der Waals surface area (Å²) in [5.74, 6) is -0.675. The molecule has 8 nitrogen and oxygen atoms in total. The maximum Gasteiger partial charge on any atom is 0.244 e. The van der Waals surface area contributed by atoms with Gasteiger partial charge in [0.05, 0.1) is 19.1 Å². The second kappa shape index (κ2) is 14.1. The van der Waals surface area contributed by atoms with Crippen LogP contribution in [0.2, 0.25) is 10.0 Å². The third kappa shape index (κ3) is 8.86. The van der Waals surface area contributed by atoms with E-state index >= 15 is 0 Å². The van der Waals surface area contributed by atoms with Crippen LogP contribution in [0.15, 0.2) is 66.7 Å². The zero-order chi connectivity index (χ0) is 30.3. The normalized spacial score (nSPS) is 12.1. The first-order chi connectivity index (χ1) is 19.3. The van der Waals surface area contributed by atoms with Gasteiger partial charge in [0.15, 0.2) is 0 Å². The van der Waals surface area contributed by atoms with Crippen molar-refractivity contribution in [3.63, 3.8) is 0 Å². The number of hydrogen-bond donors (Lipinski definition) is 1. The molecule has 0 aliphatic heterocycles. The number of benzene rings is 3. The molecule has 1 N–H and O–H groups in total. The number of amides is 2. The van der Waals surface area contributed by atoms with Gasteiger partial charge in [-0.2, -0.15) is 0 Å². The molecular formula is C30H35Cl2N3O5S. The monoisotopic (exact) mass is 619 g/mol. The van der Waals surface area contributed by atoms with E-state index in [4.69, 9.17) is 27.9 Å². The quantitative estimate of drug-likeness (QED) is 0.299. The van der Waals surface area contributed by atoms with Gasteiger partial charge in [0, 0.05) is 29.1 Å². The van der Waals surface area contributed by atoms with E-state index in [1.807, 2.05) is 51.1 Å². The summed E-state index contributed by atoms with van der Waals surface area (Å²) in [6.07, 6.45) is 1.22. The Hall–Kier alpha value is -3.27. The SMILES string of the molecule is COc1ccc(C)cc1N(CC(=O)N(Cc1ccc(Cl)cc1Cl)C(Cc1ccccc1)C(=O)NC(C)C)S(C)(=O)=O. The van der Waals surface area contributed by atoms with Crippen molar-refractivity contribution in [1.29, 1.82) is 0 Å². The Morgan fingerprint density at radius 1 is 1.00 bits per heavy atom. The first-order valence-electron chi connectivity index (χ1n) is 13.0. The highest BCUT2D eigenvalue weighted by Crippen LogP contribution is 2.32. The van der Waals surface area contributed by atoms with E-state index in [1.165, 1.54) is 12.0 Å². The lowest BCUT2D eigenvalue weighted by atomic mass is 10.0. The molecule has 0 aromatic heterocycles. The first-order valence-corrected chi connectivity index (χ1v) is 15.6. The summed E-state index contributed by atoms with van der Waals surface area (Å²) in [4.78, 5) is 29.2. The van der Waals surface area contributed by atoms with Gasteiger partial charge in [-0.25, -0.2) is 8.42 Å². The fourth-order valence-corrected chi connectivity index (χ4v) is 5.67. The van der Waals surface area contributed by atoms with Crippen molar-refractivity contribution in [2.24, 2.45) is 0 Å². The lowest BCUT2D eigenvalue weighted by Crippen LogP contribution is -2.54. The second-order valence-electron chi connectivity index (χ2n) is 10.1. The minimum Gasteiger partial charge on any atom is -0.495 e. The minimum atomic E-state index is -3.94. The molecule has 3 aromatic carbocycles. The lowest BCUT2D eigenvalue weighted by Gasteiger charge is -2.34. The molecule has 220 valence electrons. The van der Waals surface area contributed by atoms with Crippen molar-refractivity contribution in [2.75, 3.05) is 24.2 Å². The Bertz CT molecular complexity index is 1480. The van der Waals surface area contributed by atoms with Crippen LogP contribution in [0.25, 0.3) is 0 Å². The van der Waals surface area contributed by atoms with Crippen LogP contribution >= 0.6 is 23.2 Å². The molecule has 0 aliphatic rings. The van der Waals surface area contributed by atoms with Crippen molar-refractivity contribution in [3.8, 4) is 5.75 Å². The van der Waals surface area contributed by atoms with Gasteiger partial charge in [-0.3, -0.25) is 13.9 Å². The molecule has 3 aromatic rings. The molecule has 0 saturated carbocycles. The number of carbonyl (C=O) groups is 2. The van der Waals surface area contributed by atoms with Gasteiger partial charge in [-0.15, -0.1) is 0 Å². The van der Waals surface area contributed by atoms with E-state index < -0.39 is 28.5 Å². The van der Waals surface area contributed by atoms with Gasteiger partial charge in [-0.1, -0.05) is 65.7 Å². The predicted molar refractivity (Wildman–Crippen MR) is 164 cm³/mol. The molecule has 0 aliphatic carbocycles. The van der Waals surface area contributed by atoms with E-state index in [1.54, 1.807) is 36.4 Å². The predicted octanol–water partition coefficient (Wildman–Crippen LogP) is 5.24. The third-order valence-electron chi connectivity index (χ3n) is 6.34. The summed E-state index contributed by atoms with van der Waals surface area (Å²) in [7, 11) is -2.52. The van der Waals surface area contributed by atoms with Crippen LogP contribution in [0.4, 0.5) is 5.69 Å². The molecule has 11 heteroatoms. The number of sulfonamides is 1. The van der Waals surface area contributed by atoms with Crippen molar-refractivity contribution in [1.82, 2.24) is 10.2 Å². The van der Waals surface area contributed by atoms with Crippen LogP contribution in [0, 0.1) is 6.92 Å². The van der Waals surface area contributed by atoms with E-state index in [-0.39, 0.29) is 30.6 Å². The highest BCUT2D eigenvalue weighted by atomic mass is 35.5. The Labute approximate surface area is 252 Å². The Morgan fingerprint density at radius 3 is 2.27 bits per heavy atom. The molecule has 0 bridgehead atoms. The average molecular weight is 621 g/mol. The third-order valence-corrected chi connectivity index (χ3v) is 8.05.